The van der Waals surface area contributed by atoms with Gasteiger partial charge in [0, 0.05) is 0 Å². The van der Waals surface area contributed by atoms with E-state index in [4.69, 9.17) is 20.0 Å². The van der Waals surface area contributed by atoms with Gasteiger partial charge in [0.15, 0.2) is 0 Å². The maximum atomic E-state index is 9.00. The molecular weight excluding hydrogens is 432 g/mol. The summed E-state index contributed by atoms with van der Waals surface area (Å²) in [5.74, 6) is 0. The molecule has 0 fully saturated rings. The molecule has 0 atom stereocenters. The Kier molecular flexibility index (Phi) is 8.97. The topological polar surface area (TPSA) is 77.4 Å². The fourth-order valence-electron chi connectivity index (χ4n) is 3.42. The zero-order chi connectivity index (χ0) is 24.6. The zero-order valence-corrected chi connectivity index (χ0v) is 20.3. The van der Waals surface area contributed by atoms with Gasteiger partial charge in [-0.15, -0.1) is 0 Å². The van der Waals surface area contributed by atoms with E-state index in [9.17, 15) is 0 Å². The van der Waals surface area contributed by atoms with Gasteiger partial charge in [-0.3, -0.25) is 10.5 Å². The summed E-state index contributed by atoms with van der Waals surface area (Å²) in [6, 6.07) is 23.8. The minimum atomic E-state index is -0.734. The van der Waals surface area contributed by atoms with E-state index in [1.165, 1.54) is 0 Å². The molecule has 0 bridgehead atoms. The van der Waals surface area contributed by atoms with Crippen LogP contribution < -0.4 is 0 Å². The highest BCUT2D eigenvalue weighted by atomic mass is 17.1. The lowest BCUT2D eigenvalue weighted by Crippen LogP contribution is -2.19. The lowest BCUT2D eigenvalue weighted by atomic mass is 9.97. The van der Waals surface area contributed by atoms with Crippen molar-refractivity contribution >= 4 is 0 Å². The highest BCUT2D eigenvalue weighted by Gasteiger charge is 2.21. The van der Waals surface area contributed by atoms with Crippen molar-refractivity contribution in [2.24, 2.45) is 0 Å². The van der Waals surface area contributed by atoms with Crippen LogP contribution in [0.5, 0.6) is 0 Å². The molecule has 3 aromatic carbocycles. The fourth-order valence-corrected chi connectivity index (χ4v) is 3.42. The first kappa shape index (κ1) is 26.0. The standard InChI is InChI=1S/C28H34O6/c1-27(2,33-29)25-13-9-23(10-14-25)19-31-17-21-5-7-22(8-6-21)18-32-20-24-11-15-26(16-12-24)28(3,4)34-30/h5-16,29-30H,17-20H2,1-4H3. The van der Waals surface area contributed by atoms with Crippen LogP contribution in [0, 0.1) is 0 Å². The van der Waals surface area contributed by atoms with Gasteiger partial charge in [-0.2, -0.15) is 0 Å². The van der Waals surface area contributed by atoms with E-state index in [0.717, 1.165) is 33.4 Å². The van der Waals surface area contributed by atoms with E-state index in [0.29, 0.717) is 26.4 Å². The number of benzene rings is 3. The fraction of sp³-hybridized carbons (Fsp3) is 0.357. The molecule has 3 rings (SSSR count). The van der Waals surface area contributed by atoms with Crippen molar-refractivity contribution in [3.8, 4) is 0 Å². The first-order valence-corrected chi connectivity index (χ1v) is 11.3. The summed E-state index contributed by atoms with van der Waals surface area (Å²) in [5.41, 5.74) is 4.64. The summed E-state index contributed by atoms with van der Waals surface area (Å²) in [4.78, 5) is 9.05. The predicted molar refractivity (Wildman–Crippen MR) is 130 cm³/mol. The third-order valence-electron chi connectivity index (χ3n) is 5.85. The Morgan fingerprint density at radius 1 is 0.471 bits per heavy atom. The third kappa shape index (κ3) is 7.21. The van der Waals surface area contributed by atoms with Crippen molar-refractivity contribution in [2.75, 3.05) is 0 Å². The van der Waals surface area contributed by atoms with Gasteiger partial charge in [-0.1, -0.05) is 72.8 Å². The SMILES string of the molecule is CC(C)(OO)c1ccc(COCc2ccc(COCc3ccc(C(C)(C)OO)cc3)cc2)cc1. The Bertz CT molecular complexity index is 924. The van der Waals surface area contributed by atoms with E-state index < -0.39 is 11.2 Å². The second-order valence-corrected chi connectivity index (χ2v) is 9.40. The average Bonchev–Trinajstić information content (AvgIpc) is 2.85. The van der Waals surface area contributed by atoms with E-state index in [1.807, 2.05) is 48.5 Å². The molecule has 0 saturated carbocycles. The largest absolute Gasteiger partial charge is 0.372 e. The second-order valence-electron chi connectivity index (χ2n) is 9.40. The lowest BCUT2D eigenvalue weighted by molar-refractivity contribution is -0.318. The maximum Gasteiger partial charge on any atom is 0.123 e. The molecule has 0 aliphatic rings. The highest BCUT2D eigenvalue weighted by molar-refractivity contribution is 5.27. The Balaban J connectivity index is 1.40. The van der Waals surface area contributed by atoms with E-state index in [1.54, 1.807) is 27.7 Å². The van der Waals surface area contributed by atoms with Crippen molar-refractivity contribution in [3.05, 3.63) is 106 Å². The van der Waals surface area contributed by atoms with Crippen LogP contribution >= 0.6 is 0 Å². The van der Waals surface area contributed by atoms with Crippen molar-refractivity contribution in [1.82, 2.24) is 0 Å². The molecule has 0 unspecified atom stereocenters. The Morgan fingerprint density at radius 2 is 0.706 bits per heavy atom. The summed E-state index contributed by atoms with van der Waals surface area (Å²) in [6.45, 7) is 9.28. The molecule has 6 heteroatoms. The second kappa shape index (κ2) is 11.7. The van der Waals surface area contributed by atoms with Crippen LogP contribution in [0.1, 0.15) is 61.1 Å². The summed E-state index contributed by atoms with van der Waals surface area (Å²) < 4.78 is 11.7. The van der Waals surface area contributed by atoms with Crippen molar-refractivity contribution in [2.45, 2.75) is 65.3 Å². The van der Waals surface area contributed by atoms with Gasteiger partial charge < -0.3 is 9.47 Å². The summed E-state index contributed by atoms with van der Waals surface area (Å²) in [6.07, 6.45) is 0. The van der Waals surface area contributed by atoms with Crippen LogP contribution in [0.4, 0.5) is 0 Å². The van der Waals surface area contributed by atoms with Crippen LogP contribution in [0.3, 0.4) is 0 Å². The molecule has 0 aliphatic heterocycles. The molecule has 0 aliphatic carbocycles. The maximum absolute atomic E-state index is 9.00. The molecule has 0 spiro atoms. The van der Waals surface area contributed by atoms with Gasteiger partial charge in [0.05, 0.1) is 26.4 Å². The van der Waals surface area contributed by atoms with E-state index in [-0.39, 0.29) is 0 Å². The minimum absolute atomic E-state index is 0.506. The zero-order valence-electron chi connectivity index (χ0n) is 20.3. The first-order chi connectivity index (χ1) is 16.2. The Labute approximate surface area is 201 Å². The molecule has 34 heavy (non-hydrogen) atoms. The van der Waals surface area contributed by atoms with Gasteiger partial charge in [0.2, 0.25) is 0 Å². The quantitative estimate of drug-likeness (QED) is 0.232. The van der Waals surface area contributed by atoms with Crippen LogP contribution in [0.25, 0.3) is 0 Å². The monoisotopic (exact) mass is 466 g/mol. The molecule has 0 aromatic heterocycles. The highest BCUT2D eigenvalue weighted by Crippen LogP contribution is 2.25. The average molecular weight is 467 g/mol. The number of ether oxygens (including phenoxy) is 2. The van der Waals surface area contributed by atoms with Crippen molar-refractivity contribution in [1.29, 1.82) is 0 Å². The number of hydrogen-bond donors (Lipinski definition) is 2. The third-order valence-corrected chi connectivity index (χ3v) is 5.85. The van der Waals surface area contributed by atoms with E-state index >= 15 is 0 Å². The lowest BCUT2D eigenvalue weighted by Gasteiger charge is -2.21. The van der Waals surface area contributed by atoms with Crippen molar-refractivity contribution < 1.29 is 29.8 Å². The molecular formula is C28H34O6. The minimum Gasteiger partial charge on any atom is -0.372 e. The van der Waals surface area contributed by atoms with Crippen LogP contribution in [-0.2, 0) is 56.9 Å². The van der Waals surface area contributed by atoms with Gasteiger partial charge in [-0.25, -0.2) is 9.78 Å². The molecule has 0 radical (unpaired) electrons. The van der Waals surface area contributed by atoms with Crippen LogP contribution in [0.2, 0.25) is 0 Å². The smallest absolute Gasteiger partial charge is 0.123 e. The number of rotatable bonds is 12. The van der Waals surface area contributed by atoms with Gasteiger partial charge in [0.1, 0.15) is 11.2 Å². The molecule has 3 aromatic rings. The molecule has 2 N–H and O–H groups in total. The van der Waals surface area contributed by atoms with Crippen molar-refractivity contribution in [3.63, 3.8) is 0 Å². The molecule has 0 amide bonds. The molecule has 0 heterocycles. The predicted octanol–water partition coefficient (Wildman–Crippen LogP) is 6.57. The van der Waals surface area contributed by atoms with E-state index in [2.05, 4.69) is 34.0 Å². The van der Waals surface area contributed by atoms with Gasteiger partial charge in [-0.05, 0) is 61.1 Å². The summed E-state index contributed by atoms with van der Waals surface area (Å²) in [5, 5.41) is 18.0. The normalized spacial score (nSPS) is 12.2. The first-order valence-electron chi connectivity index (χ1n) is 11.3. The molecule has 6 nitrogen and oxygen atoms in total. The molecule has 0 saturated heterocycles. The summed E-state index contributed by atoms with van der Waals surface area (Å²) >= 11 is 0. The molecule has 182 valence electrons. The van der Waals surface area contributed by atoms with Crippen LogP contribution in [-0.4, -0.2) is 10.5 Å². The Morgan fingerprint density at radius 3 is 0.941 bits per heavy atom. The Hall–Kier alpha value is -2.58. The van der Waals surface area contributed by atoms with Gasteiger partial charge in [0.25, 0.3) is 0 Å². The van der Waals surface area contributed by atoms with Gasteiger partial charge >= 0.3 is 0 Å². The number of hydrogen-bond acceptors (Lipinski definition) is 6. The summed E-state index contributed by atoms with van der Waals surface area (Å²) in [7, 11) is 0. The van der Waals surface area contributed by atoms with Crippen LogP contribution in [0.15, 0.2) is 72.8 Å².